The Morgan fingerprint density at radius 1 is 1.06 bits per heavy atom. The van der Waals surface area contributed by atoms with Crippen LogP contribution in [0.25, 0.3) is 26.6 Å². The van der Waals surface area contributed by atoms with Gasteiger partial charge in [-0.3, -0.25) is 0 Å². The van der Waals surface area contributed by atoms with Gasteiger partial charge in [-0.25, -0.2) is 4.79 Å². The van der Waals surface area contributed by atoms with Crippen LogP contribution in [0.15, 0.2) is 72.8 Å². The standard InChI is InChI=1S/C25H20O5S/c1-29-15-17-4-2-3-5-20(17)25-24(21-12-9-18(26)14-22(21)31-25)30-19-10-6-16(7-11-19)8-13-23(27)28/h2-14,26H,15H2,1H3,(H,27,28). The molecular weight excluding hydrogens is 412 g/mol. The average molecular weight is 432 g/mol. The molecule has 4 rings (SSSR count). The molecule has 0 aliphatic carbocycles. The zero-order valence-electron chi connectivity index (χ0n) is 16.7. The molecule has 0 fully saturated rings. The van der Waals surface area contributed by atoms with Gasteiger partial charge in [-0.05, 0) is 47.5 Å². The van der Waals surface area contributed by atoms with Gasteiger partial charge < -0.3 is 19.7 Å². The number of phenolic OH excluding ortho intramolecular Hbond substituents is 1. The van der Waals surface area contributed by atoms with E-state index in [0.717, 1.165) is 37.7 Å². The Hall–Kier alpha value is -3.61. The van der Waals surface area contributed by atoms with Crippen molar-refractivity contribution in [3.63, 3.8) is 0 Å². The monoisotopic (exact) mass is 432 g/mol. The predicted octanol–water partition coefficient (Wildman–Crippen LogP) is 6.31. The molecule has 0 atom stereocenters. The molecule has 0 aliphatic rings. The molecule has 5 nitrogen and oxygen atoms in total. The van der Waals surface area contributed by atoms with E-state index in [1.165, 1.54) is 6.08 Å². The van der Waals surface area contributed by atoms with Gasteiger partial charge in [-0.2, -0.15) is 0 Å². The van der Waals surface area contributed by atoms with Gasteiger partial charge in [0, 0.05) is 28.8 Å². The number of benzene rings is 3. The van der Waals surface area contributed by atoms with Gasteiger partial charge in [-0.1, -0.05) is 36.4 Å². The average Bonchev–Trinajstić information content (AvgIpc) is 3.11. The quantitative estimate of drug-likeness (QED) is 0.335. The van der Waals surface area contributed by atoms with Crippen molar-refractivity contribution in [2.75, 3.05) is 7.11 Å². The molecule has 0 radical (unpaired) electrons. The Morgan fingerprint density at radius 3 is 2.58 bits per heavy atom. The molecule has 1 aromatic heterocycles. The second-order valence-electron chi connectivity index (χ2n) is 6.87. The zero-order chi connectivity index (χ0) is 21.8. The minimum Gasteiger partial charge on any atom is -0.508 e. The molecule has 31 heavy (non-hydrogen) atoms. The van der Waals surface area contributed by atoms with Gasteiger partial charge in [-0.15, -0.1) is 11.3 Å². The second kappa shape index (κ2) is 9.04. The molecule has 0 spiro atoms. The molecule has 0 bridgehead atoms. The van der Waals surface area contributed by atoms with Gasteiger partial charge >= 0.3 is 5.97 Å². The molecule has 2 N–H and O–H groups in total. The lowest BCUT2D eigenvalue weighted by molar-refractivity contribution is -0.131. The van der Waals surface area contributed by atoms with E-state index < -0.39 is 5.97 Å². The molecule has 0 aliphatic heterocycles. The Morgan fingerprint density at radius 2 is 1.84 bits per heavy atom. The maximum absolute atomic E-state index is 10.7. The van der Waals surface area contributed by atoms with Crippen molar-refractivity contribution in [3.8, 4) is 27.7 Å². The topological polar surface area (TPSA) is 76.0 Å². The SMILES string of the molecule is COCc1ccccc1-c1sc2cc(O)ccc2c1Oc1ccc(C=CC(=O)O)cc1. The minimum absolute atomic E-state index is 0.201. The number of carbonyl (C=O) groups is 1. The summed E-state index contributed by atoms with van der Waals surface area (Å²) in [4.78, 5) is 11.7. The molecule has 1 heterocycles. The number of methoxy groups -OCH3 is 1. The van der Waals surface area contributed by atoms with E-state index in [9.17, 15) is 9.90 Å². The number of hydrogen-bond acceptors (Lipinski definition) is 5. The number of aliphatic carboxylic acids is 1. The highest BCUT2D eigenvalue weighted by Crippen LogP contribution is 2.48. The van der Waals surface area contributed by atoms with E-state index in [4.69, 9.17) is 14.6 Å². The van der Waals surface area contributed by atoms with Crippen LogP contribution in [0.3, 0.4) is 0 Å². The first-order chi connectivity index (χ1) is 15.0. The lowest BCUT2D eigenvalue weighted by Gasteiger charge is -2.11. The predicted molar refractivity (Wildman–Crippen MR) is 123 cm³/mol. The number of thiophene rings is 1. The maximum Gasteiger partial charge on any atom is 0.328 e. The molecular formula is C25H20O5S. The molecule has 6 heteroatoms. The van der Waals surface area contributed by atoms with Crippen molar-refractivity contribution in [2.24, 2.45) is 0 Å². The number of ether oxygens (including phenoxy) is 2. The van der Waals surface area contributed by atoms with E-state index in [-0.39, 0.29) is 5.75 Å². The Kier molecular flexibility index (Phi) is 6.02. The summed E-state index contributed by atoms with van der Waals surface area (Å²) in [6.45, 7) is 0.472. The molecule has 0 saturated carbocycles. The number of rotatable bonds is 7. The Labute approximate surface area is 183 Å². The highest BCUT2D eigenvalue weighted by molar-refractivity contribution is 7.22. The van der Waals surface area contributed by atoms with E-state index in [2.05, 4.69) is 0 Å². The summed E-state index contributed by atoms with van der Waals surface area (Å²) < 4.78 is 12.6. The van der Waals surface area contributed by atoms with E-state index >= 15 is 0 Å². The van der Waals surface area contributed by atoms with Gasteiger partial charge in [0.15, 0.2) is 5.75 Å². The molecule has 0 unspecified atom stereocenters. The van der Waals surface area contributed by atoms with Crippen LogP contribution in [0.4, 0.5) is 0 Å². The summed E-state index contributed by atoms with van der Waals surface area (Å²) in [5.41, 5.74) is 2.82. The second-order valence-corrected chi connectivity index (χ2v) is 7.93. The van der Waals surface area contributed by atoms with Crippen LogP contribution in [0, 0.1) is 0 Å². The number of phenols is 1. The van der Waals surface area contributed by atoms with Crippen LogP contribution in [0.2, 0.25) is 0 Å². The van der Waals surface area contributed by atoms with Crippen molar-refractivity contribution in [1.29, 1.82) is 0 Å². The van der Waals surface area contributed by atoms with Gasteiger partial charge in [0.1, 0.15) is 11.5 Å². The third-order valence-corrected chi connectivity index (χ3v) is 5.88. The molecule has 0 amide bonds. The van der Waals surface area contributed by atoms with Crippen molar-refractivity contribution < 1.29 is 24.5 Å². The molecule has 4 aromatic rings. The smallest absolute Gasteiger partial charge is 0.328 e. The van der Waals surface area contributed by atoms with E-state index in [1.807, 2.05) is 30.3 Å². The number of fused-ring (bicyclic) bond motifs is 1. The summed E-state index contributed by atoms with van der Waals surface area (Å²) in [5.74, 6) is 0.544. The number of aromatic hydroxyl groups is 1. The van der Waals surface area contributed by atoms with E-state index in [1.54, 1.807) is 54.8 Å². The summed E-state index contributed by atoms with van der Waals surface area (Å²) in [6, 6.07) is 20.4. The lowest BCUT2D eigenvalue weighted by atomic mass is 10.1. The largest absolute Gasteiger partial charge is 0.508 e. The van der Waals surface area contributed by atoms with Crippen LogP contribution in [0.5, 0.6) is 17.2 Å². The highest BCUT2D eigenvalue weighted by Gasteiger charge is 2.19. The van der Waals surface area contributed by atoms with Crippen LogP contribution in [-0.4, -0.2) is 23.3 Å². The number of hydrogen-bond donors (Lipinski definition) is 2. The fourth-order valence-electron chi connectivity index (χ4n) is 3.30. The lowest BCUT2D eigenvalue weighted by Crippen LogP contribution is -1.92. The fourth-order valence-corrected chi connectivity index (χ4v) is 4.52. The molecule has 156 valence electrons. The van der Waals surface area contributed by atoms with Crippen LogP contribution >= 0.6 is 11.3 Å². The summed E-state index contributed by atoms with van der Waals surface area (Å²) in [7, 11) is 1.66. The van der Waals surface area contributed by atoms with Gasteiger partial charge in [0.25, 0.3) is 0 Å². The first-order valence-electron chi connectivity index (χ1n) is 9.57. The first-order valence-corrected chi connectivity index (χ1v) is 10.4. The molecule has 3 aromatic carbocycles. The third kappa shape index (κ3) is 4.60. The third-order valence-electron chi connectivity index (χ3n) is 4.71. The van der Waals surface area contributed by atoms with Gasteiger partial charge in [0.2, 0.25) is 0 Å². The van der Waals surface area contributed by atoms with Crippen molar-refractivity contribution in [3.05, 3.63) is 83.9 Å². The van der Waals surface area contributed by atoms with Crippen LogP contribution in [0.1, 0.15) is 11.1 Å². The highest BCUT2D eigenvalue weighted by atomic mass is 32.1. The van der Waals surface area contributed by atoms with Crippen molar-refractivity contribution in [2.45, 2.75) is 6.61 Å². The number of carboxylic acid groups (broad SMARTS) is 1. The van der Waals surface area contributed by atoms with E-state index in [0.29, 0.717) is 18.1 Å². The minimum atomic E-state index is -0.993. The van der Waals surface area contributed by atoms with Crippen molar-refractivity contribution in [1.82, 2.24) is 0 Å². The fraction of sp³-hybridized carbons (Fsp3) is 0.0800. The Bertz CT molecular complexity index is 1250. The van der Waals surface area contributed by atoms with Crippen molar-refractivity contribution >= 4 is 33.5 Å². The summed E-state index contributed by atoms with van der Waals surface area (Å²) >= 11 is 1.55. The zero-order valence-corrected chi connectivity index (χ0v) is 17.6. The summed E-state index contributed by atoms with van der Waals surface area (Å²) in [5, 5.41) is 19.6. The Balaban J connectivity index is 1.78. The first kappa shape index (κ1) is 20.7. The summed E-state index contributed by atoms with van der Waals surface area (Å²) in [6.07, 6.45) is 2.63. The van der Waals surface area contributed by atoms with Gasteiger partial charge in [0.05, 0.1) is 11.5 Å². The van der Waals surface area contributed by atoms with Crippen LogP contribution < -0.4 is 4.74 Å². The van der Waals surface area contributed by atoms with Crippen LogP contribution in [-0.2, 0) is 16.1 Å². The molecule has 0 saturated heterocycles. The normalized spacial score (nSPS) is 11.3. The number of carboxylic acids is 1. The maximum atomic E-state index is 10.7.